The molecule has 2 heterocycles. The molecule has 1 amide bonds. The number of rotatable bonds is 1. The molecule has 0 atom stereocenters. The van der Waals surface area contributed by atoms with E-state index in [9.17, 15) is 4.79 Å². The zero-order valence-electron chi connectivity index (χ0n) is 12.8. The number of aryl methyl sites for hydroxylation is 2. The van der Waals surface area contributed by atoms with Gasteiger partial charge in [-0.1, -0.05) is 6.08 Å². The highest BCUT2D eigenvalue weighted by atomic mass is 16.6. The number of hydrogen-bond donors (Lipinski definition) is 0. The average Bonchev–Trinajstić information content (AvgIpc) is 2.66. The van der Waals surface area contributed by atoms with Crippen LogP contribution >= 0.6 is 0 Å². The third-order valence-electron chi connectivity index (χ3n) is 3.06. The van der Waals surface area contributed by atoms with E-state index in [1.165, 1.54) is 0 Å². The van der Waals surface area contributed by atoms with Gasteiger partial charge in [0, 0.05) is 20.0 Å². The fourth-order valence-electron chi connectivity index (χ4n) is 2.20. The Hall–Kier alpha value is -1.78. The van der Waals surface area contributed by atoms with Crippen LogP contribution in [0.3, 0.4) is 0 Å². The fourth-order valence-corrected chi connectivity index (χ4v) is 2.20. The standard InChI is InChI=1S/C15H22N2O3/c1-10-13(19-11(2)16-10)12-6-8-17(9-7-12)14(18)20-15(3,4)5/h6H,7-9H2,1-5H3. The highest BCUT2D eigenvalue weighted by Gasteiger charge is 2.25. The summed E-state index contributed by atoms with van der Waals surface area (Å²) in [6.07, 6.45) is 2.51. The van der Waals surface area contributed by atoms with Gasteiger partial charge in [-0.25, -0.2) is 9.78 Å². The molecule has 0 unspecified atom stereocenters. The largest absolute Gasteiger partial charge is 0.444 e. The molecule has 0 saturated heterocycles. The van der Waals surface area contributed by atoms with Gasteiger partial charge in [0.2, 0.25) is 0 Å². The Kier molecular flexibility index (Phi) is 3.88. The van der Waals surface area contributed by atoms with E-state index in [-0.39, 0.29) is 6.09 Å². The predicted octanol–water partition coefficient (Wildman–Crippen LogP) is 3.32. The van der Waals surface area contributed by atoms with Crippen molar-refractivity contribution in [3.05, 3.63) is 23.4 Å². The predicted molar refractivity (Wildman–Crippen MR) is 76.4 cm³/mol. The average molecular weight is 278 g/mol. The van der Waals surface area contributed by atoms with Crippen LogP contribution in [0.5, 0.6) is 0 Å². The maximum absolute atomic E-state index is 12.0. The Morgan fingerprint density at radius 1 is 1.40 bits per heavy atom. The molecule has 5 nitrogen and oxygen atoms in total. The fraction of sp³-hybridized carbons (Fsp3) is 0.600. The second kappa shape index (κ2) is 5.31. The van der Waals surface area contributed by atoms with Crippen LogP contribution in [0.15, 0.2) is 10.5 Å². The van der Waals surface area contributed by atoms with Crippen molar-refractivity contribution in [3.63, 3.8) is 0 Å². The molecule has 1 aromatic heterocycles. The van der Waals surface area contributed by atoms with E-state index in [0.29, 0.717) is 19.0 Å². The van der Waals surface area contributed by atoms with Crippen molar-refractivity contribution < 1.29 is 13.9 Å². The Morgan fingerprint density at radius 3 is 2.55 bits per heavy atom. The Morgan fingerprint density at radius 2 is 2.10 bits per heavy atom. The lowest BCUT2D eigenvalue weighted by Gasteiger charge is -2.29. The highest BCUT2D eigenvalue weighted by molar-refractivity contribution is 5.72. The number of ether oxygens (including phenoxy) is 1. The second-order valence-corrected chi connectivity index (χ2v) is 6.05. The molecule has 0 saturated carbocycles. The van der Waals surface area contributed by atoms with Crippen molar-refractivity contribution in [1.82, 2.24) is 9.88 Å². The molecule has 0 aliphatic carbocycles. The van der Waals surface area contributed by atoms with Gasteiger partial charge in [-0.2, -0.15) is 0 Å². The van der Waals surface area contributed by atoms with E-state index in [1.54, 1.807) is 4.90 Å². The van der Waals surface area contributed by atoms with E-state index >= 15 is 0 Å². The number of aromatic nitrogens is 1. The first kappa shape index (κ1) is 14.6. The van der Waals surface area contributed by atoms with Gasteiger partial charge in [0.15, 0.2) is 11.7 Å². The van der Waals surface area contributed by atoms with Crippen molar-refractivity contribution in [2.75, 3.05) is 13.1 Å². The number of hydrogen-bond acceptors (Lipinski definition) is 4. The summed E-state index contributed by atoms with van der Waals surface area (Å²) in [4.78, 5) is 17.9. The molecule has 0 spiro atoms. The normalized spacial score (nSPS) is 16.1. The van der Waals surface area contributed by atoms with Crippen LogP contribution in [0.2, 0.25) is 0 Å². The number of oxazole rings is 1. The smallest absolute Gasteiger partial charge is 0.410 e. The van der Waals surface area contributed by atoms with E-state index < -0.39 is 5.60 Å². The van der Waals surface area contributed by atoms with Gasteiger partial charge in [0.05, 0.1) is 5.69 Å². The zero-order chi connectivity index (χ0) is 14.9. The van der Waals surface area contributed by atoms with E-state index in [4.69, 9.17) is 9.15 Å². The molecule has 0 aromatic carbocycles. The molecule has 0 bridgehead atoms. The number of nitrogens with zero attached hydrogens (tertiary/aromatic N) is 2. The Labute approximate surface area is 119 Å². The first-order valence-corrected chi connectivity index (χ1v) is 6.87. The summed E-state index contributed by atoms with van der Waals surface area (Å²) in [6.45, 7) is 10.6. The van der Waals surface area contributed by atoms with E-state index in [2.05, 4.69) is 4.98 Å². The minimum atomic E-state index is -0.459. The maximum Gasteiger partial charge on any atom is 0.410 e. The summed E-state index contributed by atoms with van der Waals surface area (Å²) in [5.41, 5.74) is 1.56. The van der Waals surface area contributed by atoms with Crippen LogP contribution in [0, 0.1) is 13.8 Å². The van der Waals surface area contributed by atoms with Crippen LogP contribution in [0.25, 0.3) is 5.57 Å². The van der Waals surface area contributed by atoms with Gasteiger partial charge < -0.3 is 14.1 Å². The zero-order valence-corrected chi connectivity index (χ0v) is 12.8. The van der Waals surface area contributed by atoms with Gasteiger partial charge in [-0.3, -0.25) is 0 Å². The van der Waals surface area contributed by atoms with Crippen molar-refractivity contribution in [1.29, 1.82) is 0 Å². The summed E-state index contributed by atoms with van der Waals surface area (Å²) in [6, 6.07) is 0. The number of carbonyl (C=O) groups is 1. The third kappa shape index (κ3) is 3.40. The Bertz CT molecular complexity index is 538. The van der Waals surface area contributed by atoms with Crippen molar-refractivity contribution in [2.24, 2.45) is 0 Å². The minimum Gasteiger partial charge on any atom is -0.444 e. The SMILES string of the molecule is Cc1nc(C)c(C2=CCN(C(=O)OC(C)(C)C)CC2)o1. The summed E-state index contributed by atoms with van der Waals surface area (Å²) in [5.74, 6) is 1.51. The monoisotopic (exact) mass is 278 g/mol. The highest BCUT2D eigenvalue weighted by Crippen LogP contribution is 2.26. The molecule has 2 rings (SSSR count). The molecular formula is C15H22N2O3. The molecular weight excluding hydrogens is 256 g/mol. The first-order chi connectivity index (χ1) is 9.26. The van der Waals surface area contributed by atoms with Crippen LogP contribution in [0.4, 0.5) is 4.79 Å². The van der Waals surface area contributed by atoms with Crippen LogP contribution in [-0.2, 0) is 4.74 Å². The van der Waals surface area contributed by atoms with Gasteiger partial charge in [0.1, 0.15) is 5.60 Å². The second-order valence-electron chi connectivity index (χ2n) is 6.05. The topological polar surface area (TPSA) is 55.6 Å². The van der Waals surface area contributed by atoms with Crippen molar-refractivity contribution >= 4 is 11.7 Å². The molecule has 1 aromatic rings. The van der Waals surface area contributed by atoms with Crippen molar-refractivity contribution in [2.45, 2.75) is 46.6 Å². The van der Waals surface area contributed by atoms with Gasteiger partial charge in [0.25, 0.3) is 0 Å². The molecule has 110 valence electrons. The Balaban J connectivity index is 2.04. The molecule has 1 aliphatic heterocycles. The van der Waals surface area contributed by atoms with Gasteiger partial charge in [-0.15, -0.1) is 0 Å². The summed E-state index contributed by atoms with van der Waals surface area (Å²) in [7, 11) is 0. The van der Waals surface area contributed by atoms with Gasteiger partial charge >= 0.3 is 6.09 Å². The number of carbonyl (C=O) groups excluding carboxylic acids is 1. The summed E-state index contributed by atoms with van der Waals surface area (Å²) < 4.78 is 11.0. The molecule has 5 heteroatoms. The lowest BCUT2D eigenvalue weighted by molar-refractivity contribution is 0.0270. The molecule has 0 radical (unpaired) electrons. The molecule has 0 N–H and O–H groups in total. The lowest BCUT2D eigenvalue weighted by atomic mass is 10.0. The summed E-state index contributed by atoms with van der Waals surface area (Å²) in [5, 5.41) is 0. The summed E-state index contributed by atoms with van der Waals surface area (Å²) >= 11 is 0. The van der Waals surface area contributed by atoms with Crippen LogP contribution in [-0.4, -0.2) is 34.7 Å². The quantitative estimate of drug-likeness (QED) is 0.790. The van der Waals surface area contributed by atoms with Crippen LogP contribution in [0.1, 0.15) is 44.5 Å². The lowest BCUT2D eigenvalue weighted by Crippen LogP contribution is -2.39. The molecule has 1 aliphatic rings. The minimum absolute atomic E-state index is 0.265. The van der Waals surface area contributed by atoms with Gasteiger partial charge in [-0.05, 0) is 39.7 Å². The number of amides is 1. The molecule has 0 fully saturated rings. The van der Waals surface area contributed by atoms with E-state index in [1.807, 2.05) is 40.7 Å². The van der Waals surface area contributed by atoms with Crippen LogP contribution < -0.4 is 0 Å². The van der Waals surface area contributed by atoms with Crippen molar-refractivity contribution in [3.8, 4) is 0 Å². The molecule has 20 heavy (non-hydrogen) atoms. The third-order valence-corrected chi connectivity index (χ3v) is 3.06. The van der Waals surface area contributed by atoms with E-state index in [0.717, 1.165) is 23.4 Å². The first-order valence-electron chi connectivity index (χ1n) is 6.87. The maximum atomic E-state index is 12.0.